The Hall–Kier alpha value is -3.15. The van der Waals surface area contributed by atoms with Gasteiger partial charge in [-0.15, -0.1) is 5.10 Å². The van der Waals surface area contributed by atoms with Crippen LogP contribution in [0.5, 0.6) is 0 Å². The highest BCUT2D eigenvalue weighted by Gasteiger charge is 2.31. The van der Waals surface area contributed by atoms with Gasteiger partial charge < -0.3 is 4.52 Å². The summed E-state index contributed by atoms with van der Waals surface area (Å²) in [5, 5.41) is 9.31. The van der Waals surface area contributed by atoms with Gasteiger partial charge in [0.15, 0.2) is 5.65 Å². The van der Waals surface area contributed by atoms with Gasteiger partial charge >= 0.3 is 11.9 Å². The summed E-state index contributed by atoms with van der Waals surface area (Å²) in [5.74, 6) is 0.0606. The SMILES string of the molecule is O=c1n(Cc2nc(-c3cccc(C(F)(F)F)c3)no2)nc2c(SC3CCCCC3)nccn12. The Kier molecular flexibility index (Phi) is 5.69. The fraction of sp³-hybridized carbons (Fsp3) is 0.381. The van der Waals surface area contributed by atoms with Crippen LogP contribution in [-0.4, -0.2) is 34.6 Å². The monoisotopic (exact) mass is 476 g/mol. The number of halogens is 3. The molecule has 8 nitrogen and oxygen atoms in total. The molecule has 5 rings (SSSR count). The first-order chi connectivity index (χ1) is 15.9. The summed E-state index contributed by atoms with van der Waals surface area (Å²) in [6, 6.07) is 4.66. The van der Waals surface area contributed by atoms with Gasteiger partial charge in [-0.25, -0.2) is 18.9 Å². The number of thioether (sulfide) groups is 1. The van der Waals surface area contributed by atoms with Crippen molar-refractivity contribution in [3.63, 3.8) is 0 Å². The molecular formula is C21H19F3N6O2S. The zero-order chi connectivity index (χ0) is 23.0. The lowest BCUT2D eigenvalue weighted by atomic mass is 10.0. The van der Waals surface area contributed by atoms with E-state index in [0.717, 1.165) is 25.0 Å². The molecule has 1 aromatic carbocycles. The van der Waals surface area contributed by atoms with E-state index in [0.29, 0.717) is 15.9 Å². The topological polar surface area (TPSA) is 91.1 Å². The lowest BCUT2D eigenvalue weighted by Gasteiger charge is -2.20. The third kappa shape index (κ3) is 4.52. The Morgan fingerprint density at radius 2 is 2.00 bits per heavy atom. The zero-order valence-corrected chi connectivity index (χ0v) is 18.1. The molecule has 12 heteroatoms. The lowest BCUT2D eigenvalue weighted by molar-refractivity contribution is -0.137. The standard InChI is InChI=1S/C21H19F3N6O2S/c22-21(23,24)14-6-4-5-13(11-14)17-26-16(32-28-17)12-30-20(31)29-10-9-25-19(18(29)27-30)33-15-7-2-1-3-8-15/h4-6,9-11,15H,1-3,7-8,12H2. The predicted molar refractivity (Wildman–Crippen MR) is 114 cm³/mol. The fourth-order valence-corrected chi connectivity index (χ4v) is 5.10. The molecule has 3 heterocycles. The van der Waals surface area contributed by atoms with E-state index in [2.05, 4.69) is 20.2 Å². The van der Waals surface area contributed by atoms with Crippen molar-refractivity contribution in [2.45, 2.75) is 55.1 Å². The molecule has 1 fully saturated rings. The Morgan fingerprint density at radius 1 is 1.18 bits per heavy atom. The van der Waals surface area contributed by atoms with Gasteiger partial charge in [0.2, 0.25) is 11.7 Å². The van der Waals surface area contributed by atoms with Gasteiger partial charge in [0.1, 0.15) is 11.6 Å². The van der Waals surface area contributed by atoms with Crippen molar-refractivity contribution >= 4 is 17.4 Å². The zero-order valence-electron chi connectivity index (χ0n) is 17.3. The van der Waals surface area contributed by atoms with Crippen molar-refractivity contribution in [3.8, 4) is 11.4 Å². The average molecular weight is 476 g/mol. The van der Waals surface area contributed by atoms with Crippen LogP contribution in [0.2, 0.25) is 0 Å². The lowest BCUT2D eigenvalue weighted by Crippen LogP contribution is -2.21. The fourth-order valence-electron chi connectivity index (χ4n) is 3.85. The summed E-state index contributed by atoms with van der Waals surface area (Å²) in [4.78, 5) is 21.4. The van der Waals surface area contributed by atoms with E-state index in [9.17, 15) is 18.0 Å². The molecule has 0 radical (unpaired) electrons. The molecule has 1 aliphatic rings. The van der Waals surface area contributed by atoms with Crippen LogP contribution < -0.4 is 5.69 Å². The number of aromatic nitrogens is 6. The second kappa shape index (κ2) is 8.65. The first kappa shape index (κ1) is 21.7. The van der Waals surface area contributed by atoms with Gasteiger partial charge in [0, 0.05) is 23.2 Å². The second-order valence-electron chi connectivity index (χ2n) is 7.83. The Bertz CT molecular complexity index is 1340. The van der Waals surface area contributed by atoms with Crippen LogP contribution in [0.3, 0.4) is 0 Å². The van der Waals surface area contributed by atoms with Crippen molar-refractivity contribution in [3.05, 3.63) is 58.6 Å². The van der Waals surface area contributed by atoms with Crippen LogP contribution in [0, 0.1) is 0 Å². The number of hydrogen-bond donors (Lipinski definition) is 0. The molecule has 0 unspecified atom stereocenters. The predicted octanol–water partition coefficient (Wildman–Crippen LogP) is 4.43. The van der Waals surface area contributed by atoms with Crippen molar-refractivity contribution in [1.29, 1.82) is 0 Å². The van der Waals surface area contributed by atoms with Crippen LogP contribution in [0.15, 0.2) is 51.0 Å². The largest absolute Gasteiger partial charge is 0.416 e. The molecule has 3 aromatic heterocycles. The number of rotatable bonds is 5. The minimum Gasteiger partial charge on any atom is -0.337 e. The van der Waals surface area contributed by atoms with Gasteiger partial charge in [-0.05, 0) is 25.0 Å². The highest BCUT2D eigenvalue weighted by Crippen LogP contribution is 2.34. The van der Waals surface area contributed by atoms with Crippen LogP contribution in [-0.2, 0) is 12.7 Å². The van der Waals surface area contributed by atoms with Gasteiger partial charge in [-0.3, -0.25) is 0 Å². The summed E-state index contributed by atoms with van der Waals surface area (Å²) in [7, 11) is 0. The summed E-state index contributed by atoms with van der Waals surface area (Å²) in [5.41, 5.74) is -0.580. The highest BCUT2D eigenvalue weighted by atomic mass is 32.2. The summed E-state index contributed by atoms with van der Waals surface area (Å²) >= 11 is 1.64. The van der Waals surface area contributed by atoms with Crippen molar-refractivity contribution in [2.24, 2.45) is 0 Å². The van der Waals surface area contributed by atoms with E-state index >= 15 is 0 Å². The van der Waals surface area contributed by atoms with Crippen molar-refractivity contribution < 1.29 is 17.7 Å². The van der Waals surface area contributed by atoms with Crippen LogP contribution in [0.1, 0.15) is 43.6 Å². The van der Waals surface area contributed by atoms with E-state index in [1.54, 1.807) is 24.2 Å². The maximum atomic E-state index is 13.0. The molecule has 1 aliphatic carbocycles. The molecule has 4 aromatic rings. The number of nitrogens with zero attached hydrogens (tertiary/aromatic N) is 6. The normalized spacial score (nSPS) is 15.4. The maximum Gasteiger partial charge on any atom is 0.416 e. The summed E-state index contributed by atoms with van der Waals surface area (Å²) in [6.07, 6.45) is 4.49. The quantitative estimate of drug-likeness (QED) is 0.421. The maximum absolute atomic E-state index is 13.0. The molecule has 33 heavy (non-hydrogen) atoms. The Morgan fingerprint density at radius 3 is 2.79 bits per heavy atom. The molecule has 0 saturated heterocycles. The van der Waals surface area contributed by atoms with E-state index in [-0.39, 0.29) is 23.8 Å². The second-order valence-corrected chi connectivity index (χ2v) is 9.12. The molecule has 0 spiro atoms. The van der Waals surface area contributed by atoms with Gasteiger partial charge in [0.25, 0.3) is 0 Å². The number of hydrogen-bond acceptors (Lipinski definition) is 7. The van der Waals surface area contributed by atoms with E-state index < -0.39 is 17.4 Å². The molecular weight excluding hydrogens is 457 g/mol. The summed E-state index contributed by atoms with van der Waals surface area (Å²) < 4.78 is 46.7. The van der Waals surface area contributed by atoms with Crippen LogP contribution >= 0.6 is 11.8 Å². The Balaban J connectivity index is 1.40. The molecule has 172 valence electrons. The third-order valence-corrected chi connectivity index (χ3v) is 6.82. The molecule has 0 aliphatic heterocycles. The highest BCUT2D eigenvalue weighted by molar-refractivity contribution is 8.00. The smallest absolute Gasteiger partial charge is 0.337 e. The number of benzene rings is 1. The Labute approximate surface area is 189 Å². The van der Waals surface area contributed by atoms with Gasteiger partial charge in [-0.1, -0.05) is 48.3 Å². The van der Waals surface area contributed by atoms with Crippen molar-refractivity contribution in [2.75, 3.05) is 0 Å². The van der Waals surface area contributed by atoms with Crippen LogP contribution in [0.25, 0.3) is 17.0 Å². The van der Waals surface area contributed by atoms with Crippen LogP contribution in [0.4, 0.5) is 13.2 Å². The van der Waals surface area contributed by atoms with Gasteiger partial charge in [0.05, 0.1) is 5.56 Å². The molecule has 0 N–H and O–H groups in total. The minimum atomic E-state index is -4.48. The van der Waals surface area contributed by atoms with Crippen molar-refractivity contribution in [1.82, 2.24) is 29.3 Å². The minimum absolute atomic E-state index is 0.00289. The number of alkyl halides is 3. The van der Waals surface area contributed by atoms with E-state index in [4.69, 9.17) is 4.52 Å². The molecule has 0 amide bonds. The number of fused-ring (bicyclic) bond motifs is 1. The first-order valence-electron chi connectivity index (χ1n) is 10.5. The first-order valence-corrected chi connectivity index (χ1v) is 11.4. The van der Waals surface area contributed by atoms with Gasteiger partial charge in [-0.2, -0.15) is 18.2 Å². The average Bonchev–Trinajstić information content (AvgIpc) is 3.40. The summed E-state index contributed by atoms with van der Waals surface area (Å²) in [6.45, 7) is -0.111. The molecule has 0 atom stereocenters. The van der Waals surface area contributed by atoms with E-state index in [1.165, 1.54) is 40.5 Å². The molecule has 1 saturated carbocycles. The third-order valence-electron chi connectivity index (χ3n) is 5.50. The molecule has 0 bridgehead atoms. The van der Waals surface area contributed by atoms with E-state index in [1.807, 2.05) is 0 Å².